The van der Waals surface area contributed by atoms with Gasteiger partial charge in [-0.3, -0.25) is 9.69 Å². The minimum Gasteiger partial charge on any atom is -0.379 e. The zero-order valence-corrected chi connectivity index (χ0v) is 16.6. The first-order valence-electron chi connectivity index (χ1n) is 9.81. The first-order valence-corrected chi connectivity index (χ1v) is 9.81. The molecular formula is C23H30N2O2. The number of amides is 1. The molecule has 1 amide bonds. The molecule has 4 heteroatoms. The number of ether oxygens (including phenoxy) is 1. The largest absolute Gasteiger partial charge is 0.379 e. The molecule has 2 aromatic rings. The molecule has 1 N–H and O–H groups in total. The van der Waals surface area contributed by atoms with Gasteiger partial charge in [-0.1, -0.05) is 55.8 Å². The molecule has 1 fully saturated rings. The van der Waals surface area contributed by atoms with Crippen LogP contribution in [0.4, 0.5) is 0 Å². The third-order valence-electron chi connectivity index (χ3n) is 5.24. The van der Waals surface area contributed by atoms with Crippen LogP contribution in [0.5, 0.6) is 0 Å². The number of carbonyl (C=O) groups excluding carboxylic acids is 1. The Morgan fingerprint density at radius 1 is 1.00 bits per heavy atom. The van der Waals surface area contributed by atoms with Crippen LogP contribution in [0.25, 0.3) is 0 Å². The fraction of sp³-hybridized carbons (Fsp3) is 0.435. The average Bonchev–Trinajstić information content (AvgIpc) is 2.69. The van der Waals surface area contributed by atoms with Crippen molar-refractivity contribution in [1.29, 1.82) is 0 Å². The first-order chi connectivity index (χ1) is 13.0. The van der Waals surface area contributed by atoms with Crippen molar-refractivity contribution in [3.8, 4) is 0 Å². The highest BCUT2D eigenvalue weighted by Gasteiger charge is 2.23. The summed E-state index contributed by atoms with van der Waals surface area (Å²) in [6.45, 7) is 10.3. The summed E-state index contributed by atoms with van der Waals surface area (Å²) in [4.78, 5) is 15.0. The molecule has 0 unspecified atom stereocenters. The molecule has 3 rings (SSSR count). The maximum Gasteiger partial charge on any atom is 0.251 e. The van der Waals surface area contributed by atoms with Crippen LogP contribution in [-0.4, -0.2) is 43.7 Å². The fourth-order valence-corrected chi connectivity index (χ4v) is 3.45. The predicted octanol–water partition coefficient (Wildman–Crippen LogP) is 3.92. The van der Waals surface area contributed by atoms with Gasteiger partial charge in [-0.05, 0) is 36.1 Å². The van der Waals surface area contributed by atoms with E-state index in [-0.39, 0.29) is 11.9 Å². The molecule has 1 saturated heterocycles. The molecule has 0 aliphatic carbocycles. The highest BCUT2D eigenvalue weighted by atomic mass is 16.5. The Kier molecular flexibility index (Phi) is 6.64. The zero-order chi connectivity index (χ0) is 19.2. The number of morpholine rings is 1. The molecule has 144 valence electrons. The monoisotopic (exact) mass is 366 g/mol. The summed E-state index contributed by atoms with van der Waals surface area (Å²) in [5.74, 6) is 0.495. The highest BCUT2D eigenvalue weighted by Crippen LogP contribution is 2.24. The minimum absolute atomic E-state index is 0.0212. The van der Waals surface area contributed by atoms with Gasteiger partial charge in [-0.25, -0.2) is 0 Å². The number of hydrogen-bond acceptors (Lipinski definition) is 3. The van der Waals surface area contributed by atoms with Crippen LogP contribution in [0.1, 0.15) is 52.9 Å². The summed E-state index contributed by atoms with van der Waals surface area (Å²) in [5, 5.41) is 3.13. The van der Waals surface area contributed by atoms with E-state index >= 15 is 0 Å². The van der Waals surface area contributed by atoms with Crippen molar-refractivity contribution in [1.82, 2.24) is 10.2 Å². The van der Waals surface area contributed by atoms with Crippen LogP contribution in [0.15, 0.2) is 48.5 Å². The molecule has 0 bridgehead atoms. The lowest BCUT2D eigenvalue weighted by atomic mass is 9.98. The maximum atomic E-state index is 12.6. The minimum atomic E-state index is -0.0212. The second-order valence-electron chi connectivity index (χ2n) is 7.56. The third kappa shape index (κ3) is 5.18. The second kappa shape index (κ2) is 9.16. The fourth-order valence-electron chi connectivity index (χ4n) is 3.45. The Morgan fingerprint density at radius 2 is 1.59 bits per heavy atom. The summed E-state index contributed by atoms with van der Waals surface area (Å²) in [6, 6.07) is 16.7. The molecule has 1 aliphatic heterocycles. The van der Waals surface area contributed by atoms with Crippen molar-refractivity contribution in [3.63, 3.8) is 0 Å². The van der Waals surface area contributed by atoms with Crippen LogP contribution < -0.4 is 5.32 Å². The zero-order valence-electron chi connectivity index (χ0n) is 16.6. The normalized spacial score (nSPS) is 16.3. The Labute approximate surface area is 162 Å². The summed E-state index contributed by atoms with van der Waals surface area (Å²) >= 11 is 0. The first kappa shape index (κ1) is 19.6. The van der Waals surface area contributed by atoms with Crippen molar-refractivity contribution < 1.29 is 9.53 Å². The van der Waals surface area contributed by atoms with Gasteiger partial charge in [-0.15, -0.1) is 0 Å². The second-order valence-corrected chi connectivity index (χ2v) is 7.56. The molecule has 4 nitrogen and oxygen atoms in total. The van der Waals surface area contributed by atoms with E-state index in [2.05, 4.69) is 48.3 Å². The van der Waals surface area contributed by atoms with Crippen LogP contribution >= 0.6 is 0 Å². The van der Waals surface area contributed by atoms with E-state index in [1.54, 1.807) is 0 Å². The molecule has 27 heavy (non-hydrogen) atoms. The lowest BCUT2D eigenvalue weighted by Gasteiger charge is -2.35. The van der Waals surface area contributed by atoms with Gasteiger partial charge in [0, 0.05) is 25.2 Å². The average molecular weight is 367 g/mol. The number of hydrogen-bond donors (Lipinski definition) is 1. The van der Waals surface area contributed by atoms with E-state index in [1.807, 2.05) is 31.2 Å². The smallest absolute Gasteiger partial charge is 0.251 e. The Hall–Kier alpha value is -2.17. The Bertz CT molecular complexity index is 732. The number of rotatable bonds is 6. The van der Waals surface area contributed by atoms with Crippen LogP contribution in [0.2, 0.25) is 0 Å². The van der Waals surface area contributed by atoms with Gasteiger partial charge < -0.3 is 10.1 Å². The lowest BCUT2D eigenvalue weighted by molar-refractivity contribution is 0.0162. The van der Waals surface area contributed by atoms with Gasteiger partial charge in [0.1, 0.15) is 0 Å². The number of aryl methyl sites for hydroxylation is 1. The predicted molar refractivity (Wildman–Crippen MR) is 109 cm³/mol. The van der Waals surface area contributed by atoms with E-state index in [4.69, 9.17) is 4.74 Å². The lowest BCUT2D eigenvalue weighted by Crippen LogP contribution is -2.43. The Morgan fingerprint density at radius 3 is 2.19 bits per heavy atom. The van der Waals surface area contributed by atoms with E-state index in [0.717, 1.165) is 31.9 Å². The van der Waals surface area contributed by atoms with Crippen molar-refractivity contribution >= 4 is 5.91 Å². The molecule has 1 aliphatic rings. The molecular weight excluding hydrogens is 336 g/mol. The van der Waals surface area contributed by atoms with E-state index < -0.39 is 0 Å². The van der Waals surface area contributed by atoms with Crippen molar-refractivity contribution in [2.24, 2.45) is 0 Å². The van der Waals surface area contributed by atoms with Crippen LogP contribution in [0, 0.1) is 6.92 Å². The molecule has 1 heterocycles. The number of nitrogens with zero attached hydrogens (tertiary/aromatic N) is 1. The number of nitrogens with one attached hydrogen (secondary N) is 1. The summed E-state index contributed by atoms with van der Waals surface area (Å²) < 4.78 is 5.51. The van der Waals surface area contributed by atoms with Gasteiger partial charge >= 0.3 is 0 Å². The SMILES string of the molecule is Cc1ccc(C(=O)NC[C@H](c2ccc(C(C)C)cc2)N2CCOCC2)cc1. The molecule has 2 aromatic carbocycles. The van der Waals surface area contributed by atoms with Crippen molar-refractivity contribution in [2.75, 3.05) is 32.8 Å². The number of benzene rings is 2. The molecule has 0 saturated carbocycles. The van der Waals surface area contributed by atoms with E-state index in [0.29, 0.717) is 18.0 Å². The van der Waals surface area contributed by atoms with E-state index in [1.165, 1.54) is 11.1 Å². The molecule has 1 atom stereocenters. The van der Waals surface area contributed by atoms with Crippen molar-refractivity contribution in [2.45, 2.75) is 32.7 Å². The van der Waals surface area contributed by atoms with Crippen LogP contribution in [-0.2, 0) is 4.74 Å². The van der Waals surface area contributed by atoms with Crippen molar-refractivity contribution in [3.05, 3.63) is 70.8 Å². The Balaban J connectivity index is 1.73. The van der Waals surface area contributed by atoms with Gasteiger partial charge in [-0.2, -0.15) is 0 Å². The van der Waals surface area contributed by atoms with Gasteiger partial charge in [0.05, 0.1) is 19.3 Å². The standard InChI is InChI=1S/C23H30N2O2/c1-17(2)19-8-10-20(11-9-19)22(25-12-14-27-15-13-25)16-24-23(26)21-6-4-18(3)5-7-21/h4-11,17,22H,12-16H2,1-3H3,(H,24,26)/t22-/m1/s1. The van der Waals surface area contributed by atoms with Crippen LogP contribution in [0.3, 0.4) is 0 Å². The van der Waals surface area contributed by atoms with Gasteiger partial charge in [0.15, 0.2) is 0 Å². The number of carbonyl (C=O) groups is 1. The third-order valence-corrected chi connectivity index (χ3v) is 5.24. The maximum absolute atomic E-state index is 12.6. The summed E-state index contributed by atoms with van der Waals surface area (Å²) in [5.41, 5.74) is 4.44. The molecule has 0 aromatic heterocycles. The summed E-state index contributed by atoms with van der Waals surface area (Å²) in [7, 11) is 0. The van der Waals surface area contributed by atoms with E-state index in [9.17, 15) is 4.79 Å². The highest BCUT2D eigenvalue weighted by molar-refractivity contribution is 5.94. The quantitative estimate of drug-likeness (QED) is 0.842. The summed E-state index contributed by atoms with van der Waals surface area (Å²) in [6.07, 6.45) is 0. The topological polar surface area (TPSA) is 41.6 Å². The molecule has 0 radical (unpaired) electrons. The van der Waals surface area contributed by atoms with Gasteiger partial charge in [0.25, 0.3) is 5.91 Å². The van der Waals surface area contributed by atoms with Gasteiger partial charge in [0.2, 0.25) is 0 Å². The molecule has 0 spiro atoms.